The van der Waals surface area contributed by atoms with Crippen molar-refractivity contribution in [2.45, 2.75) is 26.3 Å². The number of halogens is 1. The number of nitrogens with two attached hydrogens (primary N) is 1. The van der Waals surface area contributed by atoms with Crippen molar-refractivity contribution in [1.82, 2.24) is 10.2 Å². The van der Waals surface area contributed by atoms with Crippen molar-refractivity contribution in [1.29, 1.82) is 0 Å². The van der Waals surface area contributed by atoms with Crippen LogP contribution in [0.2, 0.25) is 0 Å². The Hall–Kier alpha value is -2.35. The van der Waals surface area contributed by atoms with Crippen LogP contribution < -0.4 is 11.1 Å². The Morgan fingerprint density at radius 1 is 1.14 bits per heavy atom. The number of aliphatic imine (C=N–C) groups is 1. The molecule has 1 amide bonds. The summed E-state index contributed by atoms with van der Waals surface area (Å²) in [6.45, 7) is 5.32. The Bertz CT molecular complexity index is 854. The van der Waals surface area contributed by atoms with E-state index in [0.717, 1.165) is 44.0 Å². The number of amides is 1. The Kier molecular flexibility index (Phi) is 9.18. The normalized spacial score (nSPS) is 14.2. The second-order valence-corrected chi connectivity index (χ2v) is 6.94. The van der Waals surface area contributed by atoms with Crippen molar-refractivity contribution < 1.29 is 4.79 Å². The van der Waals surface area contributed by atoms with E-state index < -0.39 is 5.91 Å². The molecule has 3 rings (SSSR count). The first kappa shape index (κ1) is 22.9. The summed E-state index contributed by atoms with van der Waals surface area (Å²) in [6, 6.07) is 17.8. The van der Waals surface area contributed by atoms with Gasteiger partial charge < -0.3 is 16.0 Å². The van der Waals surface area contributed by atoms with E-state index in [9.17, 15) is 4.79 Å². The molecule has 6 heteroatoms. The highest BCUT2D eigenvalue weighted by Crippen LogP contribution is 2.19. The molecule has 1 aliphatic rings. The highest BCUT2D eigenvalue weighted by molar-refractivity contribution is 14.0. The Balaban J connectivity index is 0.00000300. The third kappa shape index (κ3) is 6.88. The van der Waals surface area contributed by atoms with E-state index in [0.29, 0.717) is 12.1 Å². The molecular weight excluding hydrogens is 475 g/mol. The summed E-state index contributed by atoms with van der Waals surface area (Å²) < 4.78 is 0. The van der Waals surface area contributed by atoms with Crippen LogP contribution in [0.15, 0.2) is 65.2 Å². The Labute approximate surface area is 190 Å². The van der Waals surface area contributed by atoms with Crippen molar-refractivity contribution >= 4 is 41.9 Å². The van der Waals surface area contributed by atoms with Crippen LogP contribution in [-0.2, 0) is 6.54 Å². The summed E-state index contributed by atoms with van der Waals surface area (Å²) in [5.74, 6) is 0.511. The van der Waals surface area contributed by atoms with Gasteiger partial charge in [-0.3, -0.25) is 4.79 Å². The van der Waals surface area contributed by atoms with Crippen LogP contribution in [0, 0.1) is 0 Å². The molecule has 1 aliphatic heterocycles. The summed E-state index contributed by atoms with van der Waals surface area (Å²) in [7, 11) is 0. The number of nitrogens with zero attached hydrogens (tertiary/aromatic N) is 2. The monoisotopic (exact) mass is 504 g/mol. The average molecular weight is 504 g/mol. The van der Waals surface area contributed by atoms with Crippen molar-refractivity contribution in [2.24, 2.45) is 10.7 Å². The van der Waals surface area contributed by atoms with E-state index in [1.54, 1.807) is 6.07 Å². The zero-order valence-electron chi connectivity index (χ0n) is 16.8. The summed E-state index contributed by atoms with van der Waals surface area (Å²) in [6.07, 6.45) is 4.38. The molecule has 0 spiro atoms. The molecule has 1 heterocycles. The predicted octanol–water partition coefficient (Wildman–Crippen LogP) is 4.05. The number of piperidine rings is 1. The van der Waals surface area contributed by atoms with Gasteiger partial charge in [0.2, 0.25) is 5.91 Å². The third-order valence-corrected chi connectivity index (χ3v) is 4.83. The van der Waals surface area contributed by atoms with Gasteiger partial charge in [0.05, 0.1) is 6.54 Å². The molecule has 0 aliphatic carbocycles. The van der Waals surface area contributed by atoms with Gasteiger partial charge in [-0.2, -0.15) is 0 Å². The fraction of sp³-hybridized carbons (Fsp3) is 0.304. The van der Waals surface area contributed by atoms with Crippen LogP contribution in [0.1, 0.15) is 41.3 Å². The lowest BCUT2D eigenvalue weighted by molar-refractivity contribution is 0.1000. The number of guanidine groups is 1. The molecule has 2 aromatic rings. The fourth-order valence-electron chi connectivity index (χ4n) is 3.35. The Morgan fingerprint density at radius 2 is 1.86 bits per heavy atom. The summed E-state index contributed by atoms with van der Waals surface area (Å²) in [5.41, 5.74) is 9.61. The summed E-state index contributed by atoms with van der Waals surface area (Å²) in [4.78, 5) is 18.4. The highest BCUT2D eigenvalue weighted by Gasteiger charge is 2.17. The first-order chi connectivity index (χ1) is 13.7. The topological polar surface area (TPSA) is 70.7 Å². The molecule has 2 aromatic carbocycles. The van der Waals surface area contributed by atoms with Crippen molar-refractivity contribution in [3.05, 3.63) is 76.9 Å². The van der Waals surface area contributed by atoms with Crippen molar-refractivity contribution in [2.75, 3.05) is 19.6 Å². The molecule has 1 saturated heterocycles. The minimum atomic E-state index is -0.411. The van der Waals surface area contributed by atoms with Crippen LogP contribution in [0.3, 0.4) is 0 Å². The number of hydrogen-bond donors (Lipinski definition) is 2. The molecule has 5 nitrogen and oxygen atoms in total. The second kappa shape index (κ2) is 11.6. The van der Waals surface area contributed by atoms with Gasteiger partial charge in [-0.1, -0.05) is 54.1 Å². The number of carbonyl (C=O) groups is 1. The molecule has 0 atom stereocenters. The number of rotatable bonds is 5. The molecule has 0 unspecified atom stereocenters. The molecule has 0 radical (unpaired) electrons. The van der Waals surface area contributed by atoms with Gasteiger partial charge in [-0.25, -0.2) is 4.99 Å². The molecule has 1 fully saturated rings. The summed E-state index contributed by atoms with van der Waals surface area (Å²) in [5, 5.41) is 3.39. The number of likely N-dealkylation sites (tertiary alicyclic amines) is 1. The minimum Gasteiger partial charge on any atom is -0.366 e. The number of nitrogens with one attached hydrogen (secondary N) is 1. The molecule has 0 aromatic heterocycles. The zero-order chi connectivity index (χ0) is 19.8. The number of benzene rings is 2. The van der Waals surface area contributed by atoms with E-state index in [2.05, 4.69) is 47.5 Å². The third-order valence-electron chi connectivity index (χ3n) is 4.83. The van der Waals surface area contributed by atoms with E-state index >= 15 is 0 Å². The van der Waals surface area contributed by atoms with E-state index in [-0.39, 0.29) is 24.0 Å². The molecule has 3 N–H and O–H groups in total. The molecule has 154 valence electrons. The number of hydrogen-bond acceptors (Lipinski definition) is 2. The number of carbonyl (C=O) groups excluding carboxylic acids is 1. The van der Waals surface area contributed by atoms with E-state index in [4.69, 9.17) is 10.7 Å². The average Bonchev–Trinajstić information content (AvgIpc) is 2.73. The quantitative estimate of drug-likeness (QED) is 0.367. The fourth-order valence-corrected chi connectivity index (χ4v) is 3.35. The molecule has 0 saturated carbocycles. The Morgan fingerprint density at radius 3 is 2.52 bits per heavy atom. The van der Waals surface area contributed by atoms with E-state index in [1.165, 1.54) is 11.1 Å². The molecule has 0 bridgehead atoms. The molecular formula is C23H29IN4O. The van der Waals surface area contributed by atoms with Gasteiger partial charge >= 0.3 is 0 Å². The van der Waals surface area contributed by atoms with Crippen LogP contribution >= 0.6 is 24.0 Å². The zero-order valence-corrected chi connectivity index (χ0v) is 19.1. The lowest BCUT2D eigenvalue weighted by Gasteiger charge is -2.31. The first-order valence-corrected chi connectivity index (χ1v) is 9.82. The smallest absolute Gasteiger partial charge is 0.248 e. The van der Waals surface area contributed by atoms with Gasteiger partial charge in [-0.05, 0) is 43.0 Å². The van der Waals surface area contributed by atoms with Crippen LogP contribution in [0.4, 0.5) is 0 Å². The predicted molar refractivity (Wildman–Crippen MR) is 130 cm³/mol. The van der Waals surface area contributed by atoms with Gasteiger partial charge in [0.1, 0.15) is 0 Å². The maximum atomic E-state index is 11.4. The summed E-state index contributed by atoms with van der Waals surface area (Å²) >= 11 is 0. The standard InChI is InChI=1S/C23H28N4O.HI/c1-2-25-23(26-17-20-9-6-10-21(16-20)22(24)28)27-13-11-19(12-14-27)15-18-7-4-3-5-8-18;/h3-10,15-16H,2,11-14,17H2,1H3,(H2,24,28)(H,25,26);1H. The maximum absolute atomic E-state index is 11.4. The van der Waals surface area contributed by atoms with Gasteiger partial charge in [0.25, 0.3) is 0 Å². The van der Waals surface area contributed by atoms with Crippen LogP contribution in [-0.4, -0.2) is 36.4 Å². The largest absolute Gasteiger partial charge is 0.366 e. The lowest BCUT2D eigenvalue weighted by atomic mass is 10.0. The lowest BCUT2D eigenvalue weighted by Crippen LogP contribution is -2.44. The number of primary amides is 1. The minimum absolute atomic E-state index is 0. The molecule has 29 heavy (non-hydrogen) atoms. The van der Waals surface area contributed by atoms with E-state index in [1.807, 2.05) is 24.3 Å². The van der Waals surface area contributed by atoms with Crippen molar-refractivity contribution in [3.63, 3.8) is 0 Å². The van der Waals surface area contributed by atoms with Gasteiger partial charge in [0.15, 0.2) is 5.96 Å². The van der Waals surface area contributed by atoms with Crippen LogP contribution in [0.25, 0.3) is 6.08 Å². The highest BCUT2D eigenvalue weighted by atomic mass is 127. The SMILES string of the molecule is CCNC(=NCc1cccc(C(N)=O)c1)N1CCC(=Cc2ccccc2)CC1.I. The van der Waals surface area contributed by atoms with Crippen molar-refractivity contribution in [3.8, 4) is 0 Å². The maximum Gasteiger partial charge on any atom is 0.248 e. The van der Waals surface area contributed by atoms with Crippen LogP contribution in [0.5, 0.6) is 0 Å². The van der Waals surface area contributed by atoms with Gasteiger partial charge in [0, 0.05) is 25.2 Å². The van der Waals surface area contributed by atoms with Gasteiger partial charge in [-0.15, -0.1) is 24.0 Å². The second-order valence-electron chi connectivity index (χ2n) is 6.94. The first-order valence-electron chi connectivity index (χ1n) is 9.82.